The molecule has 0 saturated carbocycles. The lowest BCUT2D eigenvalue weighted by Crippen LogP contribution is -2.72. The molecule has 11 heteroatoms. The number of hydrogen-bond donors (Lipinski definition) is 4. The summed E-state index contributed by atoms with van der Waals surface area (Å²) in [6, 6.07) is 6.71. The first-order valence-corrected chi connectivity index (χ1v) is 15.8. The summed E-state index contributed by atoms with van der Waals surface area (Å²) in [5.41, 5.74) is 3.85. The van der Waals surface area contributed by atoms with E-state index in [9.17, 15) is 9.59 Å². The second kappa shape index (κ2) is 11.2. The number of morpholine rings is 1. The first-order chi connectivity index (χ1) is 20.3. The number of ether oxygens (including phenoxy) is 1. The van der Waals surface area contributed by atoms with Gasteiger partial charge in [-0.25, -0.2) is 0 Å². The summed E-state index contributed by atoms with van der Waals surface area (Å²) in [7, 11) is 2.20. The van der Waals surface area contributed by atoms with E-state index in [1.807, 2.05) is 9.91 Å². The minimum absolute atomic E-state index is 0.0122. The van der Waals surface area contributed by atoms with E-state index in [1.165, 1.54) is 11.1 Å². The van der Waals surface area contributed by atoms with E-state index in [-0.39, 0.29) is 60.8 Å². The molecule has 0 radical (unpaired) electrons. The minimum atomic E-state index is -0.205. The Labute approximate surface area is 248 Å². The summed E-state index contributed by atoms with van der Waals surface area (Å²) in [6.45, 7) is 7.63. The normalized spacial score (nSPS) is 36.2. The van der Waals surface area contributed by atoms with Crippen molar-refractivity contribution < 1.29 is 14.3 Å². The number of nitrogens with zero attached hydrogens (tertiary/aromatic N) is 4. The van der Waals surface area contributed by atoms with E-state index in [0.717, 1.165) is 57.3 Å². The molecule has 6 aliphatic heterocycles. The van der Waals surface area contributed by atoms with Crippen LogP contribution in [0.3, 0.4) is 0 Å². The van der Waals surface area contributed by atoms with Crippen LogP contribution in [0.15, 0.2) is 30.4 Å². The van der Waals surface area contributed by atoms with Gasteiger partial charge < -0.3 is 15.0 Å². The van der Waals surface area contributed by atoms with Gasteiger partial charge in [-0.3, -0.25) is 35.4 Å². The Morgan fingerprint density at radius 1 is 1.05 bits per heavy atom. The van der Waals surface area contributed by atoms with Gasteiger partial charge in [0.2, 0.25) is 11.8 Å². The SMILES string of the molecule is CN1CCc2cc(NC3NCC4C(=O)N5C/C=C/CCCCN6C(=O)COC7CCC(NC76)N5C4N3)ccc2C1(C)C. The molecule has 1 aromatic rings. The number of allylic oxidation sites excluding steroid dienone is 1. The van der Waals surface area contributed by atoms with Crippen LogP contribution in [-0.4, -0.2) is 102 Å². The third-order valence-electron chi connectivity index (χ3n) is 10.4. The summed E-state index contributed by atoms with van der Waals surface area (Å²) in [4.78, 5) is 31.1. The van der Waals surface area contributed by atoms with Crippen LogP contribution in [0.25, 0.3) is 0 Å². The Kier molecular flexibility index (Phi) is 7.52. The van der Waals surface area contributed by atoms with Crippen molar-refractivity contribution in [3.05, 3.63) is 41.5 Å². The first-order valence-electron chi connectivity index (χ1n) is 15.8. The highest BCUT2D eigenvalue weighted by Gasteiger charge is 2.53. The minimum Gasteiger partial charge on any atom is -0.365 e. The van der Waals surface area contributed by atoms with Crippen LogP contribution < -0.4 is 21.3 Å². The quantitative estimate of drug-likeness (QED) is 0.387. The van der Waals surface area contributed by atoms with Gasteiger partial charge in [-0.1, -0.05) is 18.2 Å². The van der Waals surface area contributed by atoms with E-state index >= 15 is 0 Å². The van der Waals surface area contributed by atoms with Crippen molar-refractivity contribution in [1.29, 1.82) is 0 Å². The lowest BCUT2D eigenvalue weighted by Gasteiger charge is -2.50. The maximum atomic E-state index is 13.8. The molecule has 7 rings (SSSR count). The van der Waals surface area contributed by atoms with Crippen molar-refractivity contribution in [2.75, 3.05) is 45.2 Å². The van der Waals surface area contributed by atoms with Crippen LogP contribution in [-0.2, 0) is 26.3 Å². The van der Waals surface area contributed by atoms with Crippen molar-refractivity contribution in [3.63, 3.8) is 0 Å². The molecule has 6 heterocycles. The van der Waals surface area contributed by atoms with Crippen molar-refractivity contribution >= 4 is 17.5 Å². The third kappa shape index (κ3) is 4.93. The Hall–Kier alpha value is -2.54. The number of likely N-dealkylation sites (N-methyl/N-ethyl adjacent to an activating group) is 1. The molecule has 42 heavy (non-hydrogen) atoms. The van der Waals surface area contributed by atoms with Crippen LogP contribution in [0.5, 0.6) is 0 Å². The van der Waals surface area contributed by atoms with Gasteiger partial charge in [-0.05, 0) is 82.7 Å². The number of benzene rings is 1. The largest absolute Gasteiger partial charge is 0.365 e. The van der Waals surface area contributed by atoms with Gasteiger partial charge in [-0.2, -0.15) is 5.01 Å². The number of hydrazine groups is 1. The zero-order valence-electron chi connectivity index (χ0n) is 25.1. The molecule has 4 N–H and O–H groups in total. The van der Waals surface area contributed by atoms with Crippen LogP contribution in [0.1, 0.15) is 57.1 Å². The lowest BCUT2D eigenvalue weighted by molar-refractivity contribution is -0.176. The molecule has 4 fully saturated rings. The number of fused-ring (bicyclic) bond motifs is 6. The molecule has 6 aliphatic rings. The van der Waals surface area contributed by atoms with Crippen LogP contribution in [0, 0.1) is 5.92 Å². The summed E-state index contributed by atoms with van der Waals surface area (Å²) >= 11 is 0. The number of amides is 2. The highest BCUT2D eigenvalue weighted by Crippen LogP contribution is 2.36. The van der Waals surface area contributed by atoms with Crippen molar-refractivity contribution in [2.24, 2.45) is 5.92 Å². The topological polar surface area (TPSA) is 104 Å². The maximum absolute atomic E-state index is 13.8. The highest BCUT2D eigenvalue weighted by atomic mass is 16.5. The zero-order chi connectivity index (χ0) is 29.0. The van der Waals surface area contributed by atoms with Crippen LogP contribution >= 0.6 is 0 Å². The molecule has 0 spiro atoms. The zero-order valence-corrected chi connectivity index (χ0v) is 25.1. The number of carbonyl (C=O) groups is 2. The fourth-order valence-electron chi connectivity index (χ4n) is 7.77. The lowest BCUT2D eigenvalue weighted by atomic mass is 9.83. The molecule has 228 valence electrons. The molecule has 0 aromatic heterocycles. The number of hydrogen-bond acceptors (Lipinski definition) is 9. The maximum Gasteiger partial charge on any atom is 0.249 e. The molecular formula is C31H46N8O3. The van der Waals surface area contributed by atoms with E-state index in [4.69, 9.17) is 4.74 Å². The van der Waals surface area contributed by atoms with Crippen molar-refractivity contribution in [2.45, 2.75) is 88.8 Å². The van der Waals surface area contributed by atoms with E-state index in [0.29, 0.717) is 13.1 Å². The molecule has 6 atom stereocenters. The van der Waals surface area contributed by atoms with E-state index in [1.54, 1.807) is 0 Å². The molecule has 11 nitrogen and oxygen atoms in total. The van der Waals surface area contributed by atoms with Gasteiger partial charge in [0, 0.05) is 30.9 Å². The monoisotopic (exact) mass is 578 g/mol. The second-order valence-corrected chi connectivity index (χ2v) is 13.2. The Bertz CT molecular complexity index is 1240. The Morgan fingerprint density at radius 3 is 2.81 bits per heavy atom. The number of nitrogens with one attached hydrogen (secondary N) is 4. The van der Waals surface area contributed by atoms with Gasteiger partial charge in [0.05, 0.1) is 30.9 Å². The van der Waals surface area contributed by atoms with Gasteiger partial charge in [0.15, 0.2) is 0 Å². The summed E-state index contributed by atoms with van der Waals surface area (Å²) < 4.78 is 5.97. The van der Waals surface area contributed by atoms with E-state index < -0.39 is 0 Å². The molecule has 4 saturated heterocycles. The predicted octanol–water partition coefficient (Wildman–Crippen LogP) is 1.30. The summed E-state index contributed by atoms with van der Waals surface area (Å²) in [6.07, 6.45) is 9.28. The van der Waals surface area contributed by atoms with Gasteiger partial charge in [0.25, 0.3) is 0 Å². The van der Waals surface area contributed by atoms with Gasteiger partial charge in [0.1, 0.15) is 19.1 Å². The molecule has 6 unspecified atom stereocenters. The summed E-state index contributed by atoms with van der Waals surface area (Å²) in [5, 5.41) is 18.9. The Balaban J connectivity index is 1.13. The number of anilines is 1. The molecule has 2 bridgehead atoms. The van der Waals surface area contributed by atoms with Gasteiger partial charge in [-0.15, -0.1) is 0 Å². The standard InChI is InChI=1S/C31H46N8O3/c1-31(2)23-10-9-21(17-20(23)13-16-36(31)3)33-30-32-18-22-27(35-30)39-25-12-11-24-28(34-25)37(26(40)19-42-24)14-7-5-4-6-8-15-38(39)29(22)41/h6,8-10,17,22,24-25,27-28,30,32-35H,4-5,7,11-16,18-19H2,1-3H3/b8-6+. The highest BCUT2D eigenvalue weighted by molar-refractivity contribution is 5.82. The Morgan fingerprint density at radius 2 is 1.93 bits per heavy atom. The van der Waals surface area contributed by atoms with Crippen molar-refractivity contribution in [1.82, 2.24) is 35.8 Å². The second-order valence-electron chi connectivity index (χ2n) is 13.2. The molecular weight excluding hydrogens is 532 g/mol. The van der Waals surface area contributed by atoms with Crippen molar-refractivity contribution in [3.8, 4) is 0 Å². The van der Waals surface area contributed by atoms with Gasteiger partial charge >= 0.3 is 0 Å². The van der Waals surface area contributed by atoms with E-state index in [2.05, 4.69) is 82.4 Å². The molecule has 1 aromatic carbocycles. The summed E-state index contributed by atoms with van der Waals surface area (Å²) in [5.74, 6) is -0.0228. The fourth-order valence-corrected chi connectivity index (χ4v) is 7.77. The molecule has 2 amide bonds. The number of rotatable bonds is 2. The average Bonchev–Trinajstić information content (AvgIpc) is 3.25. The van der Waals surface area contributed by atoms with Crippen LogP contribution in [0.4, 0.5) is 5.69 Å². The number of carbonyl (C=O) groups excluding carboxylic acids is 2. The molecule has 0 aliphatic carbocycles. The number of piperidine rings is 1. The third-order valence-corrected chi connectivity index (χ3v) is 10.4. The van der Waals surface area contributed by atoms with Crippen LogP contribution in [0.2, 0.25) is 0 Å². The fraction of sp³-hybridized carbons (Fsp3) is 0.677. The smallest absolute Gasteiger partial charge is 0.249 e. The average molecular weight is 579 g/mol. The predicted molar refractivity (Wildman–Crippen MR) is 160 cm³/mol. The first kappa shape index (κ1) is 28.2.